The minimum Gasteiger partial charge on any atom is -0.481 e. The maximum atomic E-state index is 9.64. The topological polar surface area (TPSA) is 255 Å². The maximum Gasteiger partial charge on any atom is 0.303 e. The van der Waals surface area contributed by atoms with Gasteiger partial charge in [0.2, 0.25) is 0 Å². The van der Waals surface area contributed by atoms with Crippen LogP contribution in [0.1, 0.15) is 38.5 Å². The Morgan fingerprint density at radius 2 is 0.444 bits per heavy atom. The first kappa shape index (κ1) is 40.9. The van der Waals surface area contributed by atoms with Crippen LogP contribution >= 0.6 is 0 Å². The van der Waals surface area contributed by atoms with Gasteiger partial charge in [-0.2, -0.15) is 0 Å². The van der Waals surface area contributed by atoms with E-state index in [2.05, 4.69) is 0 Å². The fourth-order valence-corrected chi connectivity index (χ4v) is 0.642. The molecule has 0 rings (SSSR count). The summed E-state index contributed by atoms with van der Waals surface area (Å²) < 4.78 is 0. The Kier molecular flexibility index (Phi) is 41.6. The van der Waals surface area contributed by atoms with Crippen LogP contribution < -0.4 is 0 Å². The fraction of sp³-hybridized carbons (Fsp3) is 0.500. The Morgan fingerprint density at radius 1 is 0.370 bits per heavy atom. The van der Waals surface area contributed by atoms with Gasteiger partial charge < -0.3 is 36.1 Å². The third-order valence-corrected chi connectivity index (χ3v) is 1.66. The zero-order valence-corrected chi connectivity index (χ0v) is 17.3. The summed E-state index contributed by atoms with van der Waals surface area (Å²) in [6, 6.07) is 0. The van der Waals surface area contributed by atoms with Gasteiger partial charge >= 0.3 is 35.8 Å². The molecule has 27 heavy (non-hydrogen) atoms. The molecule has 8 N–H and O–H groups in total. The number of hydrogen-bond donors (Lipinski definition) is 6. The summed E-state index contributed by atoms with van der Waals surface area (Å²) in [4.78, 5) is 57.8. The van der Waals surface area contributed by atoms with Crippen LogP contribution in [0.3, 0.4) is 0 Å². The number of carbonyl (C=O) groups is 6. The van der Waals surface area contributed by atoms with Gasteiger partial charge in [0.1, 0.15) is 0 Å². The second-order valence-electron chi connectivity index (χ2n) is 3.86. The van der Waals surface area contributed by atoms with E-state index in [4.69, 9.17) is 30.6 Å². The van der Waals surface area contributed by atoms with Gasteiger partial charge in [0.05, 0.1) is 38.5 Å². The first-order valence-corrected chi connectivity index (χ1v) is 6.19. The normalized spacial score (nSPS) is 7.56. The van der Waals surface area contributed by atoms with Crippen molar-refractivity contribution in [1.82, 2.24) is 0 Å². The standard InChI is InChI=1S/3C4H6O4.2Ho.H2O/c3*5-3(6)1-2-4(7)8;;;/h3*1-2H2,(H,5,6)(H,7,8);;;1H2. The molecular formula is C12H20Ho2O13. The van der Waals surface area contributed by atoms with Crippen molar-refractivity contribution in [3.05, 3.63) is 0 Å². The monoisotopic (exact) mass is 702 g/mol. The largest absolute Gasteiger partial charge is 0.481 e. The quantitative estimate of drug-likeness (QED) is 0.158. The molecule has 0 aliphatic rings. The molecule has 0 aliphatic carbocycles. The molecule has 13 nitrogen and oxygen atoms in total. The predicted molar refractivity (Wildman–Crippen MR) is 77.1 cm³/mol. The van der Waals surface area contributed by atoms with Crippen LogP contribution in [0.15, 0.2) is 0 Å². The summed E-state index contributed by atoms with van der Waals surface area (Å²) in [6.45, 7) is 0. The maximum absolute atomic E-state index is 9.64. The molecule has 168 valence electrons. The molecule has 0 bridgehead atoms. The first-order valence-electron chi connectivity index (χ1n) is 6.19. The predicted octanol–water partition coefficient (Wildman–Crippen LogP) is -1.02. The van der Waals surface area contributed by atoms with Crippen molar-refractivity contribution in [2.24, 2.45) is 0 Å². The Hall–Kier alpha value is -0.701. The van der Waals surface area contributed by atoms with Crippen molar-refractivity contribution in [3.63, 3.8) is 0 Å². The van der Waals surface area contributed by atoms with Crippen LogP contribution in [-0.2, 0) is 28.8 Å². The van der Waals surface area contributed by atoms with Gasteiger partial charge in [-0.15, -0.1) is 0 Å². The number of rotatable bonds is 9. The number of carboxylic acids is 6. The minimum atomic E-state index is -1.08. The van der Waals surface area contributed by atoms with Crippen molar-refractivity contribution in [1.29, 1.82) is 0 Å². The molecule has 0 atom stereocenters. The molecule has 15 heteroatoms. The van der Waals surface area contributed by atoms with E-state index < -0.39 is 35.8 Å². The summed E-state index contributed by atoms with van der Waals surface area (Å²) in [5.41, 5.74) is 0. The molecule has 0 saturated carbocycles. The summed E-state index contributed by atoms with van der Waals surface area (Å²) in [5.74, 6) is -6.46. The van der Waals surface area contributed by atoms with Crippen molar-refractivity contribution < 1.29 is 140 Å². The van der Waals surface area contributed by atoms with Crippen molar-refractivity contribution in [2.45, 2.75) is 38.5 Å². The molecular weight excluding hydrogens is 682 g/mol. The molecule has 0 aromatic rings. The van der Waals surface area contributed by atoms with E-state index >= 15 is 0 Å². The van der Waals surface area contributed by atoms with Crippen LogP contribution in [0.4, 0.5) is 0 Å². The molecule has 2 radical (unpaired) electrons. The van der Waals surface area contributed by atoms with Crippen molar-refractivity contribution >= 4 is 35.8 Å². The third-order valence-electron chi connectivity index (χ3n) is 1.66. The van der Waals surface area contributed by atoms with Crippen molar-refractivity contribution in [2.75, 3.05) is 0 Å². The third kappa shape index (κ3) is 67.2. The van der Waals surface area contributed by atoms with Gasteiger partial charge in [0.25, 0.3) is 0 Å². The SMILES string of the molecule is O.O=C(O)CCC(=O)O.O=C(O)CCC(=O)O.O=C(O)CCC(=O)O.[Ho].[Ho]. The van der Waals surface area contributed by atoms with Gasteiger partial charge in [-0.25, -0.2) is 0 Å². The van der Waals surface area contributed by atoms with Gasteiger partial charge in [-0.05, 0) is 0 Å². The zero-order valence-electron chi connectivity index (χ0n) is 13.5. The van der Waals surface area contributed by atoms with Crippen LogP contribution in [-0.4, -0.2) is 71.9 Å². The molecule has 0 fully saturated rings. The molecule has 0 unspecified atom stereocenters. The van der Waals surface area contributed by atoms with Crippen LogP contribution in [0.2, 0.25) is 0 Å². The van der Waals surface area contributed by atoms with Gasteiger partial charge in [0.15, 0.2) is 0 Å². The van der Waals surface area contributed by atoms with E-state index in [0.717, 1.165) is 0 Å². The summed E-state index contributed by atoms with van der Waals surface area (Å²) in [5, 5.41) is 47.4. The molecule has 0 spiro atoms. The number of carboxylic acid groups (broad SMARTS) is 6. The Labute approximate surface area is 212 Å². The van der Waals surface area contributed by atoms with E-state index in [1.807, 2.05) is 0 Å². The molecule has 0 amide bonds. The molecule has 0 aromatic carbocycles. The van der Waals surface area contributed by atoms with Crippen LogP contribution in [0, 0.1) is 75.5 Å². The Bertz CT molecular complexity index is 356. The smallest absolute Gasteiger partial charge is 0.303 e. The summed E-state index contributed by atoms with van der Waals surface area (Å²) >= 11 is 0. The second kappa shape index (κ2) is 27.5. The summed E-state index contributed by atoms with van der Waals surface area (Å²) in [6.07, 6.45) is -1.78. The van der Waals surface area contributed by atoms with Crippen molar-refractivity contribution in [3.8, 4) is 0 Å². The molecule has 0 saturated heterocycles. The van der Waals surface area contributed by atoms with Crippen LogP contribution in [0.25, 0.3) is 0 Å². The molecule has 0 heterocycles. The Morgan fingerprint density at radius 3 is 0.481 bits per heavy atom. The van der Waals surface area contributed by atoms with Gasteiger partial charge in [-0.1, -0.05) is 0 Å². The van der Waals surface area contributed by atoms with Gasteiger partial charge in [-0.3, -0.25) is 28.8 Å². The number of hydrogen-bond acceptors (Lipinski definition) is 6. The minimum absolute atomic E-state index is 0. The fourth-order valence-electron chi connectivity index (χ4n) is 0.642. The van der Waals surface area contributed by atoms with Crippen LogP contribution in [0.5, 0.6) is 0 Å². The second-order valence-corrected chi connectivity index (χ2v) is 3.86. The zero-order chi connectivity index (χ0) is 19.7. The average molecular weight is 702 g/mol. The molecule has 0 aromatic heterocycles. The van der Waals surface area contributed by atoms with E-state index in [-0.39, 0.29) is 119 Å². The Balaban J connectivity index is -0.0000000580. The average Bonchev–Trinajstić information content (AvgIpc) is 2.42. The first-order chi connectivity index (χ1) is 10.9. The summed E-state index contributed by atoms with van der Waals surface area (Å²) in [7, 11) is 0. The number of aliphatic carboxylic acids is 6. The van der Waals surface area contributed by atoms with E-state index in [0.29, 0.717) is 0 Å². The van der Waals surface area contributed by atoms with E-state index in [1.54, 1.807) is 0 Å². The molecule has 0 aliphatic heterocycles. The van der Waals surface area contributed by atoms with E-state index in [9.17, 15) is 28.8 Å². The van der Waals surface area contributed by atoms with Gasteiger partial charge in [0, 0.05) is 75.5 Å². The van der Waals surface area contributed by atoms with E-state index in [1.165, 1.54) is 0 Å².